The Labute approximate surface area is 103 Å². The Kier molecular flexibility index (Phi) is 3.06. The van der Waals surface area contributed by atoms with E-state index >= 15 is 0 Å². The van der Waals surface area contributed by atoms with E-state index in [0.29, 0.717) is 22.6 Å². The van der Waals surface area contributed by atoms with Crippen molar-refractivity contribution in [2.75, 3.05) is 7.11 Å². The molecule has 1 heterocycles. The fourth-order valence-electron chi connectivity index (χ4n) is 1.82. The van der Waals surface area contributed by atoms with Crippen LogP contribution in [0.2, 0.25) is 0 Å². The summed E-state index contributed by atoms with van der Waals surface area (Å²) >= 11 is 0. The van der Waals surface area contributed by atoms with Crippen LogP contribution >= 0.6 is 0 Å². The van der Waals surface area contributed by atoms with Gasteiger partial charge in [-0.25, -0.2) is 9.18 Å². The summed E-state index contributed by atoms with van der Waals surface area (Å²) in [5.74, 6) is -0.973. The van der Waals surface area contributed by atoms with Gasteiger partial charge in [-0.2, -0.15) is 0 Å². The SMILES string of the molecule is COc1ccc(F)cc1-c1cc(C)c(C(=O)O)[nH]1. The second kappa shape index (κ2) is 4.52. The monoisotopic (exact) mass is 249 g/mol. The first-order valence-electron chi connectivity index (χ1n) is 5.29. The van der Waals surface area contributed by atoms with Crippen LogP contribution in [0.5, 0.6) is 5.75 Å². The molecule has 0 radical (unpaired) electrons. The highest BCUT2D eigenvalue weighted by molar-refractivity contribution is 5.89. The second-order valence-corrected chi connectivity index (χ2v) is 3.89. The fourth-order valence-corrected chi connectivity index (χ4v) is 1.82. The lowest BCUT2D eigenvalue weighted by atomic mass is 10.1. The fraction of sp³-hybridized carbons (Fsp3) is 0.154. The molecule has 0 aliphatic carbocycles. The predicted molar refractivity (Wildman–Crippen MR) is 64.4 cm³/mol. The van der Waals surface area contributed by atoms with E-state index in [9.17, 15) is 9.18 Å². The van der Waals surface area contributed by atoms with Crippen molar-refractivity contribution in [1.82, 2.24) is 4.98 Å². The summed E-state index contributed by atoms with van der Waals surface area (Å²) in [5.41, 5.74) is 1.69. The Bertz CT molecular complexity index is 604. The third-order valence-electron chi connectivity index (χ3n) is 2.68. The van der Waals surface area contributed by atoms with Crippen LogP contribution in [-0.4, -0.2) is 23.2 Å². The molecule has 2 aromatic rings. The number of carboxylic acids is 1. The molecule has 4 nitrogen and oxygen atoms in total. The maximum atomic E-state index is 13.2. The van der Waals surface area contributed by atoms with Gasteiger partial charge in [0.1, 0.15) is 17.3 Å². The Hall–Kier alpha value is -2.30. The number of halogens is 1. The minimum Gasteiger partial charge on any atom is -0.496 e. The van der Waals surface area contributed by atoms with Crippen LogP contribution in [0.4, 0.5) is 4.39 Å². The van der Waals surface area contributed by atoms with E-state index in [4.69, 9.17) is 9.84 Å². The zero-order valence-electron chi connectivity index (χ0n) is 9.95. The van der Waals surface area contributed by atoms with Gasteiger partial charge in [0.25, 0.3) is 0 Å². The van der Waals surface area contributed by atoms with Crippen molar-refractivity contribution in [3.8, 4) is 17.0 Å². The lowest BCUT2D eigenvalue weighted by Gasteiger charge is -2.06. The molecule has 0 bridgehead atoms. The molecule has 94 valence electrons. The molecule has 0 saturated heterocycles. The molecule has 0 spiro atoms. The smallest absolute Gasteiger partial charge is 0.352 e. The number of hydrogen-bond donors (Lipinski definition) is 2. The van der Waals surface area contributed by atoms with E-state index in [1.54, 1.807) is 13.0 Å². The summed E-state index contributed by atoms with van der Waals surface area (Å²) < 4.78 is 18.4. The van der Waals surface area contributed by atoms with Crippen LogP contribution in [0.15, 0.2) is 24.3 Å². The molecule has 2 N–H and O–H groups in total. The van der Waals surface area contributed by atoms with Gasteiger partial charge in [-0.1, -0.05) is 0 Å². The van der Waals surface area contributed by atoms with E-state index in [1.807, 2.05) is 0 Å². The molecule has 1 aromatic heterocycles. The molecule has 18 heavy (non-hydrogen) atoms. The third kappa shape index (κ3) is 2.07. The Morgan fingerprint density at radius 3 is 2.67 bits per heavy atom. The maximum absolute atomic E-state index is 13.2. The van der Waals surface area contributed by atoms with Crippen LogP contribution in [0.25, 0.3) is 11.3 Å². The minimum absolute atomic E-state index is 0.0938. The maximum Gasteiger partial charge on any atom is 0.352 e. The van der Waals surface area contributed by atoms with Crippen molar-refractivity contribution in [2.24, 2.45) is 0 Å². The highest BCUT2D eigenvalue weighted by atomic mass is 19.1. The third-order valence-corrected chi connectivity index (χ3v) is 2.68. The van der Waals surface area contributed by atoms with Gasteiger partial charge in [-0.3, -0.25) is 0 Å². The van der Waals surface area contributed by atoms with Gasteiger partial charge in [0.15, 0.2) is 0 Å². The Morgan fingerprint density at radius 2 is 2.11 bits per heavy atom. The zero-order chi connectivity index (χ0) is 13.3. The molecule has 2 rings (SSSR count). The number of aryl methyl sites for hydroxylation is 1. The van der Waals surface area contributed by atoms with Crippen molar-refractivity contribution in [3.05, 3.63) is 41.3 Å². The minimum atomic E-state index is -1.05. The van der Waals surface area contributed by atoms with Crippen LogP contribution in [0.1, 0.15) is 16.1 Å². The quantitative estimate of drug-likeness (QED) is 0.879. The number of carbonyl (C=O) groups is 1. The van der Waals surface area contributed by atoms with E-state index in [1.165, 1.54) is 25.3 Å². The number of benzene rings is 1. The molecule has 0 unspecified atom stereocenters. The number of aromatic amines is 1. The summed E-state index contributed by atoms with van der Waals surface area (Å²) in [6, 6.07) is 5.74. The largest absolute Gasteiger partial charge is 0.496 e. The van der Waals surface area contributed by atoms with Gasteiger partial charge in [0.05, 0.1) is 12.8 Å². The first-order valence-corrected chi connectivity index (χ1v) is 5.29. The normalized spacial score (nSPS) is 10.4. The number of carboxylic acid groups (broad SMARTS) is 1. The highest BCUT2D eigenvalue weighted by Gasteiger charge is 2.15. The van der Waals surface area contributed by atoms with Crippen molar-refractivity contribution in [3.63, 3.8) is 0 Å². The number of H-pyrrole nitrogens is 1. The van der Waals surface area contributed by atoms with Gasteiger partial charge in [0.2, 0.25) is 0 Å². The van der Waals surface area contributed by atoms with E-state index in [0.717, 1.165) is 0 Å². The summed E-state index contributed by atoms with van der Waals surface area (Å²) in [6.45, 7) is 1.68. The highest BCUT2D eigenvalue weighted by Crippen LogP contribution is 2.31. The molecule has 1 aromatic carbocycles. The molecule has 0 saturated carbocycles. The molecular weight excluding hydrogens is 237 g/mol. The number of ether oxygens (including phenoxy) is 1. The lowest BCUT2D eigenvalue weighted by Crippen LogP contribution is -1.98. The van der Waals surface area contributed by atoms with Crippen LogP contribution in [0, 0.1) is 12.7 Å². The van der Waals surface area contributed by atoms with Crippen LogP contribution in [-0.2, 0) is 0 Å². The molecule has 0 amide bonds. The summed E-state index contributed by atoms with van der Waals surface area (Å²) in [4.78, 5) is 13.7. The number of rotatable bonds is 3. The van der Waals surface area contributed by atoms with E-state index in [-0.39, 0.29) is 5.69 Å². The van der Waals surface area contributed by atoms with Crippen LogP contribution < -0.4 is 4.74 Å². The molecule has 0 atom stereocenters. The Balaban J connectivity index is 2.58. The second-order valence-electron chi connectivity index (χ2n) is 3.89. The first-order chi connectivity index (χ1) is 8.52. The number of nitrogens with one attached hydrogen (secondary N) is 1. The van der Waals surface area contributed by atoms with E-state index in [2.05, 4.69) is 4.98 Å². The van der Waals surface area contributed by atoms with Gasteiger partial charge in [0, 0.05) is 5.56 Å². The van der Waals surface area contributed by atoms with Crippen molar-refractivity contribution >= 4 is 5.97 Å². The predicted octanol–water partition coefficient (Wildman–Crippen LogP) is 2.84. The van der Waals surface area contributed by atoms with Gasteiger partial charge in [-0.05, 0) is 36.8 Å². The number of aromatic carboxylic acids is 1. The molecular formula is C13H12FNO3. The average Bonchev–Trinajstić information content (AvgIpc) is 2.71. The van der Waals surface area contributed by atoms with Crippen molar-refractivity contribution in [2.45, 2.75) is 6.92 Å². The topological polar surface area (TPSA) is 62.3 Å². The lowest BCUT2D eigenvalue weighted by molar-refractivity contribution is 0.0690. The molecule has 0 aliphatic heterocycles. The average molecular weight is 249 g/mol. The summed E-state index contributed by atoms with van der Waals surface area (Å²) in [5, 5.41) is 8.97. The van der Waals surface area contributed by atoms with Gasteiger partial charge >= 0.3 is 5.97 Å². The van der Waals surface area contributed by atoms with Gasteiger partial charge < -0.3 is 14.8 Å². The summed E-state index contributed by atoms with van der Waals surface area (Å²) in [7, 11) is 1.48. The Morgan fingerprint density at radius 1 is 1.39 bits per heavy atom. The van der Waals surface area contributed by atoms with E-state index < -0.39 is 11.8 Å². The van der Waals surface area contributed by atoms with Gasteiger partial charge in [-0.15, -0.1) is 0 Å². The standard InChI is InChI=1S/C13H12FNO3/c1-7-5-10(15-12(7)13(16)17)9-6-8(14)3-4-11(9)18-2/h3-6,15H,1-2H3,(H,16,17). The molecule has 5 heteroatoms. The number of hydrogen-bond acceptors (Lipinski definition) is 2. The number of methoxy groups -OCH3 is 1. The van der Waals surface area contributed by atoms with Crippen molar-refractivity contribution < 1.29 is 19.0 Å². The molecule has 0 aliphatic rings. The first kappa shape index (κ1) is 12.2. The molecule has 0 fully saturated rings. The van der Waals surface area contributed by atoms with Crippen LogP contribution in [0.3, 0.4) is 0 Å². The van der Waals surface area contributed by atoms with Crippen molar-refractivity contribution in [1.29, 1.82) is 0 Å². The zero-order valence-corrected chi connectivity index (χ0v) is 9.95. The number of aromatic nitrogens is 1. The summed E-state index contributed by atoms with van der Waals surface area (Å²) in [6.07, 6.45) is 0.